The number of hydrogen-bond donors (Lipinski definition) is 1. The Hall–Kier alpha value is -2.12. The molecule has 0 atom stereocenters. The van der Waals surface area contributed by atoms with Crippen LogP contribution in [0.3, 0.4) is 0 Å². The number of nitrogens with zero attached hydrogens (tertiary/aromatic N) is 2. The van der Waals surface area contributed by atoms with E-state index in [4.69, 9.17) is 11.6 Å². The highest BCUT2D eigenvalue weighted by Gasteiger charge is 2.19. The van der Waals surface area contributed by atoms with Gasteiger partial charge in [0.2, 0.25) is 10.0 Å². The first kappa shape index (κ1) is 20.2. The summed E-state index contributed by atoms with van der Waals surface area (Å²) in [6, 6.07) is 20.9. The number of anilines is 1. The molecule has 1 heterocycles. The molecule has 7 heteroatoms. The summed E-state index contributed by atoms with van der Waals surface area (Å²) >= 11 is 5.96. The van der Waals surface area contributed by atoms with Crippen molar-refractivity contribution in [2.75, 3.05) is 44.2 Å². The van der Waals surface area contributed by atoms with Crippen LogP contribution in [0.4, 0.5) is 5.69 Å². The molecular formula is C22H24ClN3O2S. The molecule has 29 heavy (non-hydrogen) atoms. The summed E-state index contributed by atoms with van der Waals surface area (Å²) in [5.74, 6) is 0. The smallest absolute Gasteiger partial charge is 0.240 e. The SMILES string of the molecule is O=S(=O)(NCCN1CCN(c2ccc(Cl)cc2)CC1)c1ccc2ccccc2c1. The summed E-state index contributed by atoms with van der Waals surface area (Å²) in [4.78, 5) is 4.92. The van der Waals surface area contributed by atoms with Gasteiger partial charge in [-0.1, -0.05) is 41.9 Å². The van der Waals surface area contributed by atoms with Crippen molar-refractivity contribution in [3.63, 3.8) is 0 Å². The van der Waals surface area contributed by atoms with Gasteiger partial charge in [-0.2, -0.15) is 0 Å². The molecule has 0 aromatic heterocycles. The Labute approximate surface area is 176 Å². The molecule has 3 aromatic rings. The molecule has 3 aromatic carbocycles. The maximum Gasteiger partial charge on any atom is 0.240 e. The van der Waals surface area contributed by atoms with Gasteiger partial charge in [-0.25, -0.2) is 13.1 Å². The zero-order chi connectivity index (χ0) is 20.3. The number of fused-ring (bicyclic) bond motifs is 1. The largest absolute Gasteiger partial charge is 0.369 e. The van der Waals surface area contributed by atoms with E-state index in [0.29, 0.717) is 18.0 Å². The highest BCUT2D eigenvalue weighted by Crippen LogP contribution is 2.20. The number of hydrogen-bond acceptors (Lipinski definition) is 4. The summed E-state index contributed by atoms with van der Waals surface area (Å²) in [6.07, 6.45) is 0. The van der Waals surface area contributed by atoms with Crippen LogP contribution in [0.15, 0.2) is 71.6 Å². The van der Waals surface area contributed by atoms with E-state index in [1.165, 1.54) is 5.69 Å². The van der Waals surface area contributed by atoms with Crippen molar-refractivity contribution >= 4 is 38.1 Å². The summed E-state index contributed by atoms with van der Waals surface area (Å²) in [5.41, 5.74) is 1.17. The Morgan fingerprint density at radius 2 is 1.55 bits per heavy atom. The van der Waals surface area contributed by atoms with E-state index in [2.05, 4.69) is 14.5 Å². The first-order chi connectivity index (χ1) is 14.0. The summed E-state index contributed by atoms with van der Waals surface area (Å²) in [7, 11) is -3.51. The number of benzene rings is 3. The van der Waals surface area contributed by atoms with Crippen LogP contribution in [0.2, 0.25) is 5.02 Å². The fraction of sp³-hybridized carbons (Fsp3) is 0.273. The first-order valence-electron chi connectivity index (χ1n) is 9.73. The minimum absolute atomic E-state index is 0.309. The van der Waals surface area contributed by atoms with Crippen molar-refractivity contribution < 1.29 is 8.42 Å². The van der Waals surface area contributed by atoms with E-state index >= 15 is 0 Å². The molecule has 1 fully saturated rings. The standard InChI is InChI=1S/C22H24ClN3O2S/c23-20-6-8-21(9-7-20)26-15-13-25(14-16-26)12-11-24-29(27,28)22-10-5-18-3-1-2-4-19(18)17-22/h1-10,17,24H,11-16H2. The number of rotatable bonds is 6. The molecule has 0 saturated carbocycles. The lowest BCUT2D eigenvalue weighted by atomic mass is 10.1. The summed E-state index contributed by atoms with van der Waals surface area (Å²) in [5, 5.41) is 2.70. The normalized spacial score (nSPS) is 15.7. The molecule has 1 N–H and O–H groups in total. The van der Waals surface area contributed by atoms with Crippen molar-refractivity contribution in [3.05, 3.63) is 71.8 Å². The van der Waals surface area contributed by atoms with Gasteiger partial charge < -0.3 is 4.90 Å². The van der Waals surface area contributed by atoms with Crippen LogP contribution in [0, 0.1) is 0 Å². The lowest BCUT2D eigenvalue weighted by Crippen LogP contribution is -2.48. The molecule has 4 rings (SSSR count). The van der Waals surface area contributed by atoms with Gasteiger partial charge in [0.05, 0.1) is 4.90 Å². The zero-order valence-electron chi connectivity index (χ0n) is 16.1. The monoisotopic (exact) mass is 429 g/mol. The summed E-state index contributed by atoms with van der Waals surface area (Å²) in [6.45, 7) is 4.73. The van der Waals surface area contributed by atoms with Crippen molar-refractivity contribution in [1.82, 2.24) is 9.62 Å². The third kappa shape index (κ3) is 4.90. The van der Waals surface area contributed by atoms with E-state index < -0.39 is 10.0 Å². The van der Waals surface area contributed by atoms with Crippen LogP contribution in [0.25, 0.3) is 10.8 Å². The second-order valence-corrected chi connectivity index (χ2v) is 9.42. The highest BCUT2D eigenvalue weighted by atomic mass is 35.5. The van der Waals surface area contributed by atoms with Crippen LogP contribution in [-0.4, -0.2) is 52.6 Å². The number of sulfonamides is 1. The molecule has 5 nitrogen and oxygen atoms in total. The highest BCUT2D eigenvalue weighted by molar-refractivity contribution is 7.89. The maximum atomic E-state index is 12.6. The molecule has 1 aliphatic heterocycles. The Morgan fingerprint density at radius 1 is 0.862 bits per heavy atom. The lowest BCUT2D eigenvalue weighted by molar-refractivity contribution is 0.262. The molecule has 0 unspecified atom stereocenters. The van der Waals surface area contributed by atoms with Crippen molar-refractivity contribution in [2.45, 2.75) is 4.90 Å². The van der Waals surface area contributed by atoms with Gasteiger partial charge in [0.15, 0.2) is 0 Å². The van der Waals surface area contributed by atoms with Gasteiger partial charge in [-0.15, -0.1) is 0 Å². The van der Waals surface area contributed by atoms with E-state index in [1.807, 2.05) is 54.6 Å². The Kier molecular flexibility index (Phi) is 6.06. The molecule has 0 aliphatic carbocycles. The minimum atomic E-state index is -3.51. The molecule has 152 valence electrons. The zero-order valence-corrected chi connectivity index (χ0v) is 17.7. The average Bonchev–Trinajstić information content (AvgIpc) is 2.74. The van der Waals surface area contributed by atoms with Crippen LogP contribution in [0.1, 0.15) is 0 Å². The number of halogens is 1. The number of nitrogens with one attached hydrogen (secondary N) is 1. The quantitative estimate of drug-likeness (QED) is 0.650. The molecule has 0 bridgehead atoms. The van der Waals surface area contributed by atoms with Crippen molar-refractivity contribution in [1.29, 1.82) is 0 Å². The van der Waals surface area contributed by atoms with Crippen LogP contribution >= 0.6 is 11.6 Å². The van der Waals surface area contributed by atoms with Gasteiger partial charge in [-0.3, -0.25) is 4.90 Å². The molecule has 1 aliphatic rings. The Bertz CT molecular complexity index is 1080. The first-order valence-corrected chi connectivity index (χ1v) is 11.6. The van der Waals surface area contributed by atoms with E-state index in [0.717, 1.165) is 42.0 Å². The van der Waals surface area contributed by atoms with E-state index in [1.54, 1.807) is 12.1 Å². The second-order valence-electron chi connectivity index (χ2n) is 7.21. The fourth-order valence-electron chi connectivity index (χ4n) is 3.64. The van der Waals surface area contributed by atoms with Crippen molar-refractivity contribution in [2.24, 2.45) is 0 Å². The van der Waals surface area contributed by atoms with Crippen molar-refractivity contribution in [3.8, 4) is 0 Å². The molecule has 1 saturated heterocycles. The van der Waals surface area contributed by atoms with Crippen LogP contribution in [-0.2, 0) is 10.0 Å². The maximum absolute atomic E-state index is 12.6. The third-order valence-electron chi connectivity index (χ3n) is 5.32. The van der Waals surface area contributed by atoms with E-state index in [9.17, 15) is 8.42 Å². The van der Waals surface area contributed by atoms with Gasteiger partial charge in [0, 0.05) is 50.0 Å². The van der Waals surface area contributed by atoms with Gasteiger partial charge >= 0.3 is 0 Å². The third-order valence-corrected chi connectivity index (χ3v) is 7.03. The van der Waals surface area contributed by atoms with Gasteiger partial charge in [-0.05, 0) is 47.2 Å². The minimum Gasteiger partial charge on any atom is -0.369 e. The molecule has 0 amide bonds. The van der Waals surface area contributed by atoms with Gasteiger partial charge in [0.1, 0.15) is 0 Å². The number of piperazine rings is 1. The lowest BCUT2D eigenvalue weighted by Gasteiger charge is -2.36. The topological polar surface area (TPSA) is 52.7 Å². The molecule has 0 radical (unpaired) electrons. The fourth-order valence-corrected chi connectivity index (χ4v) is 4.82. The van der Waals surface area contributed by atoms with Gasteiger partial charge in [0.25, 0.3) is 0 Å². The predicted molar refractivity (Wildman–Crippen MR) is 119 cm³/mol. The Balaban J connectivity index is 1.29. The Morgan fingerprint density at radius 3 is 2.28 bits per heavy atom. The average molecular weight is 430 g/mol. The van der Waals surface area contributed by atoms with E-state index in [-0.39, 0.29) is 0 Å². The molecule has 0 spiro atoms. The predicted octanol–water partition coefficient (Wildman–Crippen LogP) is 3.59. The van der Waals surface area contributed by atoms with Crippen LogP contribution < -0.4 is 9.62 Å². The second kappa shape index (κ2) is 8.71. The summed E-state index contributed by atoms with van der Waals surface area (Å²) < 4.78 is 28.0. The molecular weight excluding hydrogens is 406 g/mol. The van der Waals surface area contributed by atoms with Crippen LogP contribution in [0.5, 0.6) is 0 Å².